The highest BCUT2D eigenvalue weighted by molar-refractivity contribution is 5.79. The van der Waals surface area contributed by atoms with Crippen molar-refractivity contribution in [1.82, 2.24) is 9.80 Å². The summed E-state index contributed by atoms with van der Waals surface area (Å²) in [7, 11) is 4.11. The zero-order chi connectivity index (χ0) is 14.6. The smallest absolute Gasteiger partial charge is 0.226 e. The van der Waals surface area contributed by atoms with Gasteiger partial charge in [0.25, 0.3) is 0 Å². The number of piperidine rings is 1. The SMILES string of the molecule is CC(C)C[C@H](CN)C(=O)N(C)[C@H]1CCN(C)[C@H](C)C1. The summed E-state index contributed by atoms with van der Waals surface area (Å²) in [5.41, 5.74) is 5.78. The highest BCUT2D eigenvalue weighted by Crippen LogP contribution is 2.22. The monoisotopic (exact) mass is 269 g/mol. The number of carbonyl (C=O) groups excluding carboxylic acids is 1. The molecule has 0 spiro atoms. The molecule has 0 aromatic heterocycles. The molecule has 4 nitrogen and oxygen atoms in total. The summed E-state index contributed by atoms with van der Waals surface area (Å²) in [4.78, 5) is 16.9. The molecular formula is C15H31N3O. The third kappa shape index (κ3) is 4.46. The fourth-order valence-corrected chi connectivity index (χ4v) is 2.95. The van der Waals surface area contributed by atoms with Gasteiger partial charge in [0.05, 0.1) is 5.92 Å². The topological polar surface area (TPSA) is 49.6 Å². The fourth-order valence-electron chi connectivity index (χ4n) is 2.95. The van der Waals surface area contributed by atoms with Gasteiger partial charge in [-0.2, -0.15) is 0 Å². The number of hydrogen-bond acceptors (Lipinski definition) is 3. The minimum atomic E-state index is -0.0139. The van der Waals surface area contributed by atoms with E-state index in [-0.39, 0.29) is 11.8 Å². The van der Waals surface area contributed by atoms with Crippen molar-refractivity contribution in [2.24, 2.45) is 17.6 Å². The number of carbonyl (C=O) groups is 1. The minimum Gasteiger partial charge on any atom is -0.342 e. The average molecular weight is 269 g/mol. The van der Waals surface area contributed by atoms with Crippen molar-refractivity contribution in [2.45, 2.75) is 52.1 Å². The van der Waals surface area contributed by atoms with Gasteiger partial charge in [-0.05, 0) is 39.2 Å². The van der Waals surface area contributed by atoms with Crippen LogP contribution in [0.4, 0.5) is 0 Å². The Morgan fingerprint density at radius 2 is 2.11 bits per heavy atom. The maximum absolute atomic E-state index is 12.5. The molecule has 0 aliphatic carbocycles. The van der Waals surface area contributed by atoms with Crippen LogP contribution < -0.4 is 5.73 Å². The van der Waals surface area contributed by atoms with Crippen molar-refractivity contribution in [3.63, 3.8) is 0 Å². The van der Waals surface area contributed by atoms with Crippen LogP contribution in [0.2, 0.25) is 0 Å². The van der Waals surface area contributed by atoms with Crippen LogP contribution in [0.5, 0.6) is 0 Å². The van der Waals surface area contributed by atoms with Crippen molar-refractivity contribution in [3.05, 3.63) is 0 Å². The van der Waals surface area contributed by atoms with Crippen LogP contribution in [0.3, 0.4) is 0 Å². The number of nitrogens with zero attached hydrogens (tertiary/aromatic N) is 2. The number of hydrogen-bond donors (Lipinski definition) is 1. The van der Waals surface area contributed by atoms with E-state index in [2.05, 4.69) is 32.7 Å². The Labute approximate surface area is 118 Å². The summed E-state index contributed by atoms with van der Waals surface area (Å²) < 4.78 is 0. The van der Waals surface area contributed by atoms with E-state index in [0.717, 1.165) is 25.8 Å². The fraction of sp³-hybridized carbons (Fsp3) is 0.933. The first kappa shape index (κ1) is 16.4. The molecule has 1 rings (SSSR count). The summed E-state index contributed by atoms with van der Waals surface area (Å²) in [5, 5.41) is 0. The molecule has 0 bridgehead atoms. The lowest BCUT2D eigenvalue weighted by Gasteiger charge is -2.40. The van der Waals surface area contributed by atoms with Gasteiger partial charge in [-0.3, -0.25) is 4.79 Å². The first-order chi connectivity index (χ1) is 8.86. The molecule has 1 aliphatic rings. The molecule has 0 aromatic carbocycles. The first-order valence-corrected chi connectivity index (χ1v) is 7.53. The second-order valence-corrected chi connectivity index (χ2v) is 6.52. The maximum atomic E-state index is 12.5. The van der Waals surface area contributed by atoms with Crippen LogP contribution in [-0.2, 0) is 4.79 Å². The molecule has 1 amide bonds. The van der Waals surface area contributed by atoms with Gasteiger partial charge < -0.3 is 15.5 Å². The van der Waals surface area contributed by atoms with Crippen LogP contribution >= 0.6 is 0 Å². The number of nitrogens with two attached hydrogens (primary N) is 1. The van der Waals surface area contributed by atoms with Gasteiger partial charge in [-0.25, -0.2) is 0 Å². The Morgan fingerprint density at radius 1 is 1.47 bits per heavy atom. The van der Waals surface area contributed by atoms with Gasteiger partial charge in [-0.1, -0.05) is 13.8 Å². The predicted molar refractivity (Wildman–Crippen MR) is 79.9 cm³/mol. The average Bonchev–Trinajstić information content (AvgIpc) is 2.37. The van der Waals surface area contributed by atoms with Crippen molar-refractivity contribution in [3.8, 4) is 0 Å². The van der Waals surface area contributed by atoms with E-state index < -0.39 is 0 Å². The van der Waals surface area contributed by atoms with E-state index in [1.165, 1.54) is 0 Å². The quantitative estimate of drug-likeness (QED) is 0.824. The molecule has 0 saturated carbocycles. The largest absolute Gasteiger partial charge is 0.342 e. The van der Waals surface area contributed by atoms with Crippen molar-refractivity contribution in [2.75, 3.05) is 27.2 Å². The predicted octanol–water partition coefficient (Wildman–Crippen LogP) is 1.55. The van der Waals surface area contributed by atoms with E-state index in [9.17, 15) is 4.79 Å². The highest BCUT2D eigenvalue weighted by Gasteiger charge is 2.30. The van der Waals surface area contributed by atoms with E-state index >= 15 is 0 Å². The molecule has 1 aliphatic heterocycles. The molecule has 2 N–H and O–H groups in total. The Kier molecular flexibility index (Phi) is 6.27. The standard InChI is InChI=1S/C15H31N3O/c1-11(2)8-13(10-16)15(19)18(5)14-6-7-17(4)12(3)9-14/h11-14H,6-10,16H2,1-5H3/t12-,13-,14+/m1/s1. The lowest BCUT2D eigenvalue weighted by atomic mass is 9.93. The first-order valence-electron chi connectivity index (χ1n) is 7.53. The van der Waals surface area contributed by atoms with Crippen LogP contribution in [0.25, 0.3) is 0 Å². The molecule has 3 atom stereocenters. The second kappa shape index (κ2) is 7.25. The third-order valence-corrected chi connectivity index (χ3v) is 4.47. The second-order valence-electron chi connectivity index (χ2n) is 6.52. The normalized spacial score (nSPS) is 26.5. The Bertz CT molecular complexity index is 293. The van der Waals surface area contributed by atoms with Gasteiger partial charge in [-0.15, -0.1) is 0 Å². The zero-order valence-electron chi connectivity index (χ0n) is 13.2. The van der Waals surface area contributed by atoms with Crippen molar-refractivity contribution in [1.29, 1.82) is 0 Å². The molecule has 0 unspecified atom stereocenters. The van der Waals surface area contributed by atoms with Gasteiger partial charge >= 0.3 is 0 Å². The Morgan fingerprint density at radius 3 is 2.58 bits per heavy atom. The number of rotatable bonds is 5. The molecule has 112 valence electrons. The molecular weight excluding hydrogens is 238 g/mol. The lowest BCUT2D eigenvalue weighted by molar-refractivity contribution is -0.137. The lowest BCUT2D eigenvalue weighted by Crippen LogP contribution is -2.50. The van der Waals surface area contributed by atoms with Crippen LogP contribution in [-0.4, -0.2) is 55.0 Å². The summed E-state index contributed by atoms with van der Waals surface area (Å²) in [6.07, 6.45) is 3.03. The van der Waals surface area contributed by atoms with Crippen LogP contribution in [0, 0.1) is 11.8 Å². The third-order valence-electron chi connectivity index (χ3n) is 4.47. The summed E-state index contributed by atoms with van der Waals surface area (Å²) >= 11 is 0. The van der Waals surface area contributed by atoms with Gasteiger partial charge in [0.1, 0.15) is 0 Å². The van der Waals surface area contributed by atoms with E-state index in [1.54, 1.807) is 0 Å². The minimum absolute atomic E-state index is 0.0139. The summed E-state index contributed by atoms with van der Waals surface area (Å²) in [5.74, 6) is 0.736. The molecule has 0 aromatic rings. The molecule has 19 heavy (non-hydrogen) atoms. The van der Waals surface area contributed by atoms with Gasteiger partial charge in [0, 0.05) is 32.2 Å². The van der Waals surface area contributed by atoms with Gasteiger partial charge in [0.15, 0.2) is 0 Å². The van der Waals surface area contributed by atoms with Gasteiger partial charge in [0.2, 0.25) is 5.91 Å². The summed E-state index contributed by atoms with van der Waals surface area (Å²) in [6.45, 7) is 8.06. The number of amides is 1. The van der Waals surface area contributed by atoms with Crippen LogP contribution in [0.1, 0.15) is 40.0 Å². The Balaban J connectivity index is 2.60. The molecule has 0 radical (unpaired) electrons. The summed E-state index contributed by atoms with van der Waals surface area (Å²) in [6, 6.07) is 0.926. The van der Waals surface area contributed by atoms with Crippen molar-refractivity contribution < 1.29 is 4.79 Å². The number of likely N-dealkylation sites (tertiary alicyclic amines) is 1. The highest BCUT2D eigenvalue weighted by atomic mass is 16.2. The molecule has 1 heterocycles. The molecule has 1 saturated heterocycles. The van der Waals surface area contributed by atoms with E-state index in [1.807, 2.05) is 11.9 Å². The maximum Gasteiger partial charge on any atom is 0.226 e. The van der Waals surface area contributed by atoms with Crippen molar-refractivity contribution >= 4 is 5.91 Å². The molecule has 1 fully saturated rings. The van der Waals surface area contributed by atoms with E-state index in [0.29, 0.717) is 24.5 Å². The van der Waals surface area contributed by atoms with E-state index in [4.69, 9.17) is 5.73 Å². The molecule has 4 heteroatoms. The zero-order valence-corrected chi connectivity index (χ0v) is 13.2. The Hall–Kier alpha value is -0.610. The van der Waals surface area contributed by atoms with Crippen LogP contribution in [0.15, 0.2) is 0 Å².